The number of hydrogen-bond donors (Lipinski definition) is 1. The molecular weight excluding hydrogens is 395 g/mol. The third kappa shape index (κ3) is 5.33. The fourth-order valence-electron chi connectivity index (χ4n) is 2.60. The Morgan fingerprint density at radius 3 is 2.59 bits per heavy atom. The van der Waals surface area contributed by atoms with Crippen LogP contribution in [0.4, 0.5) is 10.1 Å². The minimum absolute atomic E-state index is 0.0607. The second-order valence-electron chi connectivity index (χ2n) is 5.90. The van der Waals surface area contributed by atoms with Crippen molar-refractivity contribution >= 4 is 33.2 Å². The van der Waals surface area contributed by atoms with Crippen molar-refractivity contribution in [2.45, 2.75) is 19.5 Å². The summed E-state index contributed by atoms with van der Waals surface area (Å²) in [6.07, 6.45) is 0.990. The highest BCUT2D eigenvalue weighted by Crippen LogP contribution is 2.34. The van der Waals surface area contributed by atoms with Crippen molar-refractivity contribution < 1.29 is 22.3 Å². The predicted octanol–water partition coefficient (Wildman–Crippen LogP) is 2.96. The first-order valence-electron chi connectivity index (χ1n) is 7.98. The van der Waals surface area contributed by atoms with Crippen molar-refractivity contribution in [2.24, 2.45) is 0 Å². The number of rotatable bonds is 7. The Bertz CT molecular complexity index is 937. The van der Waals surface area contributed by atoms with Crippen LogP contribution in [-0.2, 0) is 21.4 Å². The van der Waals surface area contributed by atoms with E-state index in [9.17, 15) is 17.6 Å². The van der Waals surface area contributed by atoms with E-state index in [2.05, 4.69) is 5.32 Å². The largest absolute Gasteiger partial charge is 0.495 e. The fourth-order valence-corrected chi connectivity index (χ4v) is 3.94. The van der Waals surface area contributed by atoms with Gasteiger partial charge in [0.1, 0.15) is 17.6 Å². The highest BCUT2D eigenvalue weighted by Gasteiger charge is 2.31. The van der Waals surface area contributed by atoms with Crippen molar-refractivity contribution in [1.82, 2.24) is 5.32 Å². The molecule has 0 heterocycles. The number of hydrogen-bond acceptors (Lipinski definition) is 4. The molecule has 1 N–H and O–H groups in total. The molecular formula is C18H20ClFN2O4S. The van der Waals surface area contributed by atoms with Gasteiger partial charge in [-0.15, -0.1) is 0 Å². The number of halogens is 2. The molecule has 2 aromatic carbocycles. The van der Waals surface area contributed by atoms with Crippen molar-refractivity contribution in [3.63, 3.8) is 0 Å². The van der Waals surface area contributed by atoms with Crippen LogP contribution in [-0.4, -0.2) is 33.7 Å². The molecule has 0 spiro atoms. The molecule has 0 saturated carbocycles. The Labute approximate surface area is 162 Å². The molecule has 0 bridgehead atoms. The van der Waals surface area contributed by atoms with Crippen LogP contribution in [0.2, 0.25) is 5.02 Å². The molecule has 9 heteroatoms. The van der Waals surface area contributed by atoms with Crippen LogP contribution < -0.4 is 14.4 Å². The molecule has 0 aliphatic rings. The topological polar surface area (TPSA) is 75.7 Å². The number of nitrogens with zero attached hydrogens (tertiary/aromatic N) is 1. The third-order valence-electron chi connectivity index (χ3n) is 3.82. The van der Waals surface area contributed by atoms with Gasteiger partial charge in [-0.2, -0.15) is 0 Å². The second-order valence-corrected chi connectivity index (χ2v) is 8.19. The molecule has 1 amide bonds. The highest BCUT2D eigenvalue weighted by atomic mass is 35.5. The Balaban J connectivity index is 2.29. The maximum absolute atomic E-state index is 13.3. The number of sulfonamides is 1. The standard InChI is InChI=1S/C18H20ClFN2O4S/c1-12(18(23)21-11-13-5-4-6-15(20)9-13)22(27(3,24)25)16-10-14(19)7-8-17(16)26-2/h4-10,12H,11H2,1-3H3,(H,21,23). The summed E-state index contributed by atoms with van der Waals surface area (Å²) in [6.45, 7) is 1.51. The van der Waals surface area contributed by atoms with E-state index in [1.807, 2.05) is 0 Å². The highest BCUT2D eigenvalue weighted by molar-refractivity contribution is 7.92. The van der Waals surface area contributed by atoms with Crippen molar-refractivity contribution in [3.05, 3.63) is 58.9 Å². The van der Waals surface area contributed by atoms with Gasteiger partial charge in [0, 0.05) is 11.6 Å². The van der Waals surface area contributed by atoms with Crippen LogP contribution in [0.25, 0.3) is 0 Å². The Hall–Kier alpha value is -2.32. The van der Waals surface area contributed by atoms with E-state index in [4.69, 9.17) is 16.3 Å². The average Bonchev–Trinajstić information content (AvgIpc) is 2.59. The minimum Gasteiger partial charge on any atom is -0.495 e. The number of methoxy groups -OCH3 is 1. The molecule has 0 aliphatic heterocycles. The number of ether oxygens (including phenoxy) is 1. The molecule has 146 valence electrons. The van der Waals surface area contributed by atoms with E-state index >= 15 is 0 Å². The Kier molecular flexibility index (Phi) is 6.67. The van der Waals surface area contributed by atoms with Gasteiger partial charge in [0.05, 0.1) is 19.1 Å². The summed E-state index contributed by atoms with van der Waals surface area (Å²) in [4.78, 5) is 12.6. The zero-order valence-electron chi connectivity index (χ0n) is 15.1. The molecule has 0 fully saturated rings. The summed E-state index contributed by atoms with van der Waals surface area (Å²) in [5.41, 5.74) is 0.711. The lowest BCUT2D eigenvalue weighted by Gasteiger charge is -2.29. The van der Waals surface area contributed by atoms with E-state index < -0.39 is 27.8 Å². The van der Waals surface area contributed by atoms with E-state index in [0.29, 0.717) is 10.6 Å². The van der Waals surface area contributed by atoms with Gasteiger partial charge in [0.25, 0.3) is 0 Å². The maximum Gasteiger partial charge on any atom is 0.243 e. The molecule has 2 aromatic rings. The van der Waals surface area contributed by atoms with Gasteiger partial charge in [0.2, 0.25) is 15.9 Å². The van der Waals surface area contributed by atoms with Crippen LogP contribution in [0.1, 0.15) is 12.5 Å². The number of nitrogens with one attached hydrogen (secondary N) is 1. The monoisotopic (exact) mass is 414 g/mol. The van der Waals surface area contributed by atoms with Gasteiger partial charge < -0.3 is 10.1 Å². The molecule has 1 unspecified atom stereocenters. The first-order valence-corrected chi connectivity index (χ1v) is 10.2. The molecule has 0 aromatic heterocycles. The van der Waals surface area contributed by atoms with E-state index in [0.717, 1.165) is 10.6 Å². The third-order valence-corrected chi connectivity index (χ3v) is 5.29. The van der Waals surface area contributed by atoms with Crippen molar-refractivity contribution in [1.29, 1.82) is 0 Å². The molecule has 0 aliphatic carbocycles. The van der Waals surface area contributed by atoms with Gasteiger partial charge in [-0.3, -0.25) is 9.10 Å². The summed E-state index contributed by atoms with van der Waals surface area (Å²) in [7, 11) is -2.44. The van der Waals surface area contributed by atoms with Crippen LogP contribution in [0, 0.1) is 5.82 Å². The summed E-state index contributed by atoms with van der Waals surface area (Å²) in [6, 6.07) is 9.18. The molecule has 27 heavy (non-hydrogen) atoms. The Morgan fingerprint density at radius 2 is 2.00 bits per heavy atom. The lowest BCUT2D eigenvalue weighted by molar-refractivity contribution is -0.122. The van der Waals surface area contributed by atoms with Crippen LogP contribution in [0.15, 0.2) is 42.5 Å². The SMILES string of the molecule is COc1ccc(Cl)cc1N(C(C)C(=O)NCc1cccc(F)c1)S(C)(=O)=O. The van der Waals surface area contributed by atoms with Gasteiger partial charge in [-0.25, -0.2) is 12.8 Å². The number of benzene rings is 2. The number of amides is 1. The lowest BCUT2D eigenvalue weighted by Crippen LogP contribution is -2.47. The van der Waals surface area contributed by atoms with E-state index in [-0.39, 0.29) is 18.0 Å². The van der Waals surface area contributed by atoms with Crippen LogP contribution in [0.5, 0.6) is 5.75 Å². The van der Waals surface area contributed by atoms with Crippen LogP contribution >= 0.6 is 11.6 Å². The summed E-state index contributed by atoms with van der Waals surface area (Å²) in [5.74, 6) is -0.711. The zero-order valence-corrected chi connectivity index (χ0v) is 16.6. The maximum atomic E-state index is 13.3. The first-order chi connectivity index (χ1) is 12.6. The van der Waals surface area contributed by atoms with Crippen molar-refractivity contribution in [3.8, 4) is 5.75 Å². The van der Waals surface area contributed by atoms with Crippen molar-refractivity contribution in [2.75, 3.05) is 17.7 Å². The lowest BCUT2D eigenvalue weighted by atomic mass is 10.2. The predicted molar refractivity (Wildman–Crippen MR) is 103 cm³/mol. The van der Waals surface area contributed by atoms with Gasteiger partial charge in [-0.1, -0.05) is 23.7 Å². The number of anilines is 1. The normalized spacial score (nSPS) is 12.3. The van der Waals surface area contributed by atoms with E-state index in [1.54, 1.807) is 12.1 Å². The summed E-state index contributed by atoms with van der Waals surface area (Å²) in [5, 5.41) is 2.91. The average molecular weight is 415 g/mol. The second kappa shape index (κ2) is 8.58. The zero-order chi connectivity index (χ0) is 20.2. The molecule has 0 radical (unpaired) electrons. The van der Waals surface area contributed by atoms with Gasteiger partial charge in [0.15, 0.2) is 0 Å². The smallest absolute Gasteiger partial charge is 0.243 e. The number of carbonyl (C=O) groups is 1. The van der Waals surface area contributed by atoms with Crippen LogP contribution in [0.3, 0.4) is 0 Å². The minimum atomic E-state index is -3.83. The molecule has 0 saturated heterocycles. The summed E-state index contributed by atoms with van der Waals surface area (Å²) < 4.78 is 44.2. The molecule has 2 rings (SSSR count). The molecule has 6 nitrogen and oxygen atoms in total. The quantitative estimate of drug-likeness (QED) is 0.755. The van der Waals surface area contributed by atoms with Gasteiger partial charge >= 0.3 is 0 Å². The molecule has 1 atom stereocenters. The van der Waals surface area contributed by atoms with E-state index in [1.165, 1.54) is 44.4 Å². The summed E-state index contributed by atoms with van der Waals surface area (Å²) >= 11 is 6.00. The number of carbonyl (C=O) groups excluding carboxylic acids is 1. The first kappa shape index (κ1) is 21.0. The fraction of sp³-hybridized carbons (Fsp3) is 0.278. The Morgan fingerprint density at radius 1 is 1.30 bits per heavy atom. The van der Waals surface area contributed by atoms with Gasteiger partial charge in [-0.05, 0) is 42.8 Å².